The minimum absolute atomic E-state index is 0.373. The summed E-state index contributed by atoms with van der Waals surface area (Å²) in [6.45, 7) is 4.33. The molecule has 0 aromatic heterocycles. The maximum absolute atomic E-state index is 10.3. The van der Waals surface area contributed by atoms with Crippen molar-refractivity contribution in [1.29, 1.82) is 0 Å². The van der Waals surface area contributed by atoms with Crippen molar-refractivity contribution in [3.8, 4) is 0 Å². The molecule has 1 fully saturated rings. The van der Waals surface area contributed by atoms with E-state index in [1.54, 1.807) is 0 Å². The van der Waals surface area contributed by atoms with Crippen LogP contribution in [-0.2, 0) is 0 Å². The zero-order valence-corrected chi connectivity index (χ0v) is 9.14. The van der Waals surface area contributed by atoms with Crippen molar-refractivity contribution in [3.05, 3.63) is 0 Å². The van der Waals surface area contributed by atoms with Crippen LogP contribution in [0, 0.1) is 5.92 Å². The van der Waals surface area contributed by atoms with Gasteiger partial charge in [-0.05, 0) is 38.6 Å². The van der Waals surface area contributed by atoms with Gasteiger partial charge in [-0.3, -0.25) is 0 Å². The van der Waals surface area contributed by atoms with Gasteiger partial charge in [-0.25, -0.2) is 0 Å². The van der Waals surface area contributed by atoms with E-state index < -0.39 is 0 Å². The first-order valence-corrected chi connectivity index (χ1v) is 5.52. The van der Waals surface area contributed by atoms with Crippen molar-refractivity contribution in [3.63, 3.8) is 0 Å². The molecule has 1 saturated carbocycles. The highest BCUT2D eigenvalue weighted by molar-refractivity contribution is 4.90. The molecule has 1 aliphatic carbocycles. The van der Waals surface area contributed by atoms with E-state index in [2.05, 4.69) is 19.2 Å². The predicted octanol–water partition coefficient (Wildman–Crippen LogP) is 1.93. The fourth-order valence-electron chi connectivity index (χ4n) is 2.28. The summed E-state index contributed by atoms with van der Waals surface area (Å²) in [4.78, 5) is 0. The Morgan fingerprint density at radius 1 is 1.46 bits per heavy atom. The molecule has 78 valence electrons. The third kappa shape index (κ3) is 2.44. The molecular weight excluding hydrogens is 162 g/mol. The number of rotatable bonds is 3. The summed E-state index contributed by atoms with van der Waals surface area (Å²) in [7, 11) is 2.01. The molecule has 1 rings (SSSR count). The average Bonchev–Trinajstić information content (AvgIpc) is 2.18. The Morgan fingerprint density at radius 2 is 2.00 bits per heavy atom. The first-order valence-electron chi connectivity index (χ1n) is 5.52. The second kappa shape index (κ2) is 4.43. The topological polar surface area (TPSA) is 32.3 Å². The summed E-state index contributed by atoms with van der Waals surface area (Å²) < 4.78 is 0. The molecular formula is C11H23NO. The van der Waals surface area contributed by atoms with Crippen LogP contribution in [0.15, 0.2) is 0 Å². The first kappa shape index (κ1) is 11.0. The normalized spacial score (nSPS) is 37.4. The molecule has 0 amide bonds. The Hall–Kier alpha value is -0.0800. The lowest BCUT2D eigenvalue weighted by Crippen LogP contribution is -2.44. The SMILES string of the molecule is CCC(C)C1(O)CCC(NC)CC1. The molecule has 0 aromatic carbocycles. The molecule has 0 spiro atoms. The second-order valence-corrected chi connectivity index (χ2v) is 4.48. The highest BCUT2D eigenvalue weighted by Crippen LogP contribution is 2.35. The highest BCUT2D eigenvalue weighted by Gasteiger charge is 2.36. The van der Waals surface area contributed by atoms with Crippen LogP contribution in [0.25, 0.3) is 0 Å². The van der Waals surface area contributed by atoms with E-state index in [1.165, 1.54) is 0 Å². The van der Waals surface area contributed by atoms with E-state index in [4.69, 9.17) is 0 Å². The Balaban J connectivity index is 2.46. The lowest BCUT2D eigenvalue weighted by Gasteiger charge is -2.40. The fraction of sp³-hybridized carbons (Fsp3) is 1.00. The summed E-state index contributed by atoms with van der Waals surface area (Å²) in [6, 6.07) is 0.629. The molecule has 0 aliphatic heterocycles. The van der Waals surface area contributed by atoms with Crippen LogP contribution in [0.5, 0.6) is 0 Å². The number of nitrogens with one attached hydrogen (secondary N) is 1. The third-order valence-corrected chi connectivity index (χ3v) is 3.79. The lowest BCUT2D eigenvalue weighted by atomic mass is 9.74. The zero-order valence-electron chi connectivity index (χ0n) is 9.14. The molecule has 2 nitrogen and oxygen atoms in total. The lowest BCUT2D eigenvalue weighted by molar-refractivity contribution is -0.0494. The van der Waals surface area contributed by atoms with Crippen LogP contribution in [0.3, 0.4) is 0 Å². The molecule has 0 saturated heterocycles. The predicted molar refractivity (Wildman–Crippen MR) is 55.7 cm³/mol. The van der Waals surface area contributed by atoms with E-state index >= 15 is 0 Å². The molecule has 2 N–H and O–H groups in total. The van der Waals surface area contributed by atoms with Gasteiger partial charge in [0.2, 0.25) is 0 Å². The minimum Gasteiger partial charge on any atom is -0.390 e. The van der Waals surface area contributed by atoms with Crippen LogP contribution in [-0.4, -0.2) is 23.8 Å². The third-order valence-electron chi connectivity index (χ3n) is 3.79. The molecule has 0 aromatic rings. The summed E-state index contributed by atoms with van der Waals surface area (Å²) in [5.41, 5.74) is -0.373. The van der Waals surface area contributed by atoms with E-state index in [0.717, 1.165) is 32.1 Å². The van der Waals surface area contributed by atoms with Crippen molar-refractivity contribution in [2.24, 2.45) is 5.92 Å². The Bertz CT molecular complexity index is 150. The molecule has 0 radical (unpaired) electrons. The standard InChI is InChI=1S/C11H23NO/c1-4-9(2)11(13)7-5-10(12-3)6-8-11/h9-10,12-13H,4-8H2,1-3H3. The summed E-state index contributed by atoms with van der Waals surface area (Å²) in [5.74, 6) is 0.449. The van der Waals surface area contributed by atoms with Gasteiger partial charge in [-0.1, -0.05) is 20.3 Å². The molecule has 1 atom stereocenters. The van der Waals surface area contributed by atoms with Crippen molar-refractivity contribution >= 4 is 0 Å². The Kier molecular flexibility index (Phi) is 3.74. The fourth-order valence-corrected chi connectivity index (χ4v) is 2.28. The van der Waals surface area contributed by atoms with Crippen molar-refractivity contribution in [2.75, 3.05) is 7.05 Å². The van der Waals surface area contributed by atoms with Crippen LogP contribution < -0.4 is 5.32 Å². The average molecular weight is 185 g/mol. The quantitative estimate of drug-likeness (QED) is 0.704. The summed E-state index contributed by atoms with van der Waals surface area (Å²) in [6.07, 6.45) is 5.26. The van der Waals surface area contributed by atoms with E-state index in [9.17, 15) is 5.11 Å². The summed E-state index contributed by atoms with van der Waals surface area (Å²) in [5, 5.41) is 13.6. The van der Waals surface area contributed by atoms with Crippen molar-refractivity contribution in [2.45, 2.75) is 57.6 Å². The molecule has 13 heavy (non-hydrogen) atoms. The van der Waals surface area contributed by atoms with Gasteiger partial charge in [-0.15, -0.1) is 0 Å². The molecule has 1 unspecified atom stereocenters. The molecule has 1 aliphatic rings. The first-order chi connectivity index (χ1) is 6.12. The Labute approximate surface area is 81.7 Å². The van der Waals surface area contributed by atoms with Gasteiger partial charge < -0.3 is 10.4 Å². The van der Waals surface area contributed by atoms with Crippen LogP contribution in [0.4, 0.5) is 0 Å². The maximum Gasteiger partial charge on any atom is 0.0674 e. The zero-order chi connectivity index (χ0) is 9.90. The Morgan fingerprint density at radius 3 is 2.38 bits per heavy atom. The molecule has 0 bridgehead atoms. The second-order valence-electron chi connectivity index (χ2n) is 4.48. The van der Waals surface area contributed by atoms with Gasteiger partial charge in [-0.2, -0.15) is 0 Å². The molecule has 2 heteroatoms. The maximum atomic E-state index is 10.3. The van der Waals surface area contributed by atoms with E-state index in [-0.39, 0.29) is 5.60 Å². The van der Waals surface area contributed by atoms with Gasteiger partial charge in [0.1, 0.15) is 0 Å². The van der Waals surface area contributed by atoms with Gasteiger partial charge in [0.25, 0.3) is 0 Å². The smallest absolute Gasteiger partial charge is 0.0674 e. The van der Waals surface area contributed by atoms with Crippen molar-refractivity contribution < 1.29 is 5.11 Å². The van der Waals surface area contributed by atoms with E-state index in [1.807, 2.05) is 7.05 Å². The van der Waals surface area contributed by atoms with E-state index in [0.29, 0.717) is 12.0 Å². The summed E-state index contributed by atoms with van der Waals surface area (Å²) >= 11 is 0. The van der Waals surface area contributed by atoms with Gasteiger partial charge in [0, 0.05) is 6.04 Å². The van der Waals surface area contributed by atoms with Gasteiger partial charge in [0.05, 0.1) is 5.60 Å². The van der Waals surface area contributed by atoms with Gasteiger partial charge in [0.15, 0.2) is 0 Å². The number of aliphatic hydroxyl groups is 1. The van der Waals surface area contributed by atoms with Crippen LogP contribution in [0.1, 0.15) is 46.0 Å². The minimum atomic E-state index is -0.373. The van der Waals surface area contributed by atoms with Crippen LogP contribution in [0.2, 0.25) is 0 Å². The number of hydrogen-bond donors (Lipinski definition) is 2. The number of hydrogen-bond acceptors (Lipinski definition) is 2. The largest absolute Gasteiger partial charge is 0.390 e. The van der Waals surface area contributed by atoms with Crippen molar-refractivity contribution in [1.82, 2.24) is 5.32 Å². The molecule has 0 heterocycles. The monoisotopic (exact) mass is 185 g/mol. The van der Waals surface area contributed by atoms with Gasteiger partial charge >= 0.3 is 0 Å². The van der Waals surface area contributed by atoms with Crippen LogP contribution >= 0.6 is 0 Å². The highest BCUT2D eigenvalue weighted by atomic mass is 16.3.